The van der Waals surface area contributed by atoms with Gasteiger partial charge in [0, 0.05) is 37.3 Å². The maximum absolute atomic E-state index is 13.6. The van der Waals surface area contributed by atoms with Crippen molar-refractivity contribution >= 4 is 22.9 Å². The molecule has 4 aromatic carbocycles. The lowest BCUT2D eigenvalue weighted by Crippen LogP contribution is -2.47. The first-order chi connectivity index (χ1) is 21.2. The summed E-state index contributed by atoms with van der Waals surface area (Å²) in [5.41, 5.74) is 6.19. The van der Waals surface area contributed by atoms with Gasteiger partial charge in [0.05, 0.1) is 17.7 Å². The van der Waals surface area contributed by atoms with Crippen LogP contribution >= 0.6 is 0 Å². The highest BCUT2D eigenvalue weighted by Gasteiger charge is 2.38. The first kappa shape index (κ1) is 30.5. The summed E-state index contributed by atoms with van der Waals surface area (Å²) in [6.45, 7) is 4.00. The van der Waals surface area contributed by atoms with E-state index in [0.717, 1.165) is 55.0 Å². The smallest absolute Gasteiger partial charge is 0.475 e. The number of imidazole rings is 1. The largest absolute Gasteiger partial charge is 0.490 e. The molecular weight excluding hydrogens is 569 g/mol. The third kappa shape index (κ3) is 7.51. The molecule has 7 nitrogen and oxygen atoms in total. The normalized spacial score (nSPS) is 13.8. The molecule has 0 spiro atoms. The molecular formula is C34H31F3N4O3. The van der Waals surface area contributed by atoms with E-state index in [0.29, 0.717) is 12.2 Å². The van der Waals surface area contributed by atoms with Crippen molar-refractivity contribution in [3.63, 3.8) is 0 Å². The molecule has 0 atom stereocenters. The Morgan fingerprint density at radius 1 is 0.773 bits per heavy atom. The van der Waals surface area contributed by atoms with Gasteiger partial charge in [-0.15, -0.1) is 0 Å². The van der Waals surface area contributed by atoms with Crippen LogP contribution in [0.1, 0.15) is 27.9 Å². The number of fused-ring (bicyclic) bond motifs is 1. The Labute approximate surface area is 252 Å². The number of nitrogens with zero attached hydrogens (tertiary/aromatic N) is 4. The summed E-state index contributed by atoms with van der Waals surface area (Å²) >= 11 is 0. The van der Waals surface area contributed by atoms with E-state index in [1.807, 2.05) is 53.4 Å². The van der Waals surface area contributed by atoms with Crippen molar-refractivity contribution in [1.82, 2.24) is 19.4 Å². The first-order valence-corrected chi connectivity index (χ1v) is 14.1. The van der Waals surface area contributed by atoms with Gasteiger partial charge in [-0.3, -0.25) is 9.69 Å². The van der Waals surface area contributed by atoms with Crippen LogP contribution in [0.3, 0.4) is 0 Å². The Hall–Kier alpha value is -4.96. The van der Waals surface area contributed by atoms with Crippen molar-refractivity contribution < 1.29 is 27.9 Å². The number of carbonyl (C=O) groups is 2. The minimum Gasteiger partial charge on any atom is -0.475 e. The van der Waals surface area contributed by atoms with E-state index in [4.69, 9.17) is 14.9 Å². The molecule has 1 aromatic heterocycles. The summed E-state index contributed by atoms with van der Waals surface area (Å²) in [5.74, 6) is -1.80. The Bertz CT molecular complexity index is 1720. The van der Waals surface area contributed by atoms with Crippen molar-refractivity contribution in [1.29, 1.82) is 0 Å². The number of amides is 1. The molecule has 1 fully saturated rings. The number of alkyl halides is 3. The second-order valence-electron chi connectivity index (χ2n) is 10.5. The third-order valence-electron chi connectivity index (χ3n) is 7.26. The molecule has 1 N–H and O–H groups in total. The first-order valence-electron chi connectivity index (χ1n) is 14.1. The number of hydrogen-bond acceptors (Lipinski definition) is 4. The van der Waals surface area contributed by atoms with E-state index >= 15 is 0 Å². The highest BCUT2D eigenvalue weighted by molar-refractivity contribution is 5.95. The molecule has 10 heteroatoms. The number of carboxylic acids is 1. The third-order valence-corrected chi connectivity index (χ3v) is 7.26. The maximum atomic E-state index is 13.6. The van der Waals surface area contributed by atoms with E-state index in [9.17, 15) is 18.0 Å². The molecule has 226 valence electrons. The zero-order valence-corrected chi connectivity index (χ0v) is 23.8. The fraction of sp³-hybridized carbons (Fsp3) is 0.206. The van der Waals surface area contributed by atoms with E-state index in [1.165, 1.54) is 11.1 Å². The standard InChI is InChI=1S/C32H30N4O.C2HF3O2/c37-32(35-20-10-19-34(24-35)22-25-11-3-1-4-12-25)28-16-9-15-27(21-28)31-33-29-17-7-8-18-30(29)36(31)23-26-13-5-2-6-14-26;3-2(4,5)1(6)7/h1-9,11-18,21H,10,19-20,22-24H2;(H,6,7). The van der Waals surface area contributed by atoms with Crippen LogP contribution in [0.2, 0.25) is 0 Å². The van der Waals surface area contributed by atoms with Crippen LogP contribution in [0, 0.1) is 0 Å². The Kier molecular flexibility index (Phi) is 9.40. The number of para-hydroxylation sites is 2. The number of carboxylic acid groups (broad SMARTS) is 1. The fourth-order valence-corrected chi connectivity index (χ4v) is 5.20. The molecule has 1 aliphatic rings. The summed E-state index contributed by atoms with van der Waals surface area (Å²) in [7, 11) is 0. The van der Waals surface area contributed by atoms with Gasteiger partial charge in [-0.25, -0.2) is 9.78 Å². The lowest BCUT2D eigenvalue weighted by molar-refractivity contribution is -0.192. The van der Waals surface area contributed by atoms with Crippen LogP contribution in [0.5, 0.6) is 0 Å². The number of hydrogen-bond donors (Lipinski definition) is 1. The summed E-state index contributed by atoms with van der Waals surface area (Å²) in [4.78, 5) is 31.8. The Morgan fingerprint density at radius 3 is 2.05 bits per heavy atom. The van der Waals surface area contributed by atoms with Crippen LogP contribution in [-0.4, -0.2) is 62.3 Å². The van der Waals surface area contributed by atoms with Crippen LogP contribution in [0.25, 0.3) is 22.4 Å². The predicted octanol–water partition coefficient (Wildman–Crippen LogP) is 6.69. The molecule has 5 aromatic rings. The molecule has 0 bridgehead atoms. The zero-order chi connectivity index (χ0) is 31.1. The van der Waals surface area contributed by atoms with Gasteiger partial charge in [0.2, 0.25) is 0 Å². The van der Waals surface area contributed by atoms with Gasteiger partial charge in [-0.2, -0.15) is 13.2 Å². The molecule has 1 saturated heterocycles. The molecule has 2 heterocycles. The highest BCUT2D eigenvalue weighted by atomic mass is 19.4. The average molecular weight is 601 g/mol. The second kappa shape index (κ2) is 13.6. The van der Waals surface area contributed by atoms with Crippen molar-refractivity contribution in [3.05, 3.63) is 126 Å². The van der Waals surface area contributed by atoms with Gasteiger partial charge in [0.1, 0.15) is 5.82 Å². The lowest BCUT2D eigenvalue weighted by Gasteiger charge is -2.35. The fourth-order valence-electron chi connectivity index (χ4n) is 5.20. The molecule has 1 amide bonds. The van der Waals surface area contributed by atoms with Crippen molar-refractivity contribution in [3.8, 4) is 11.4 Å². The summed E-state index contributed by atoms with van der Waals surface area (Å²) in [5, 5.41) is 7.12. The molecule has 6 rings (SSSR count). The van der Waals surface area contributed by atoms with Crippen LogP contribution < -0.4 is 0 Å². The van der Waals surface area contributed by atoms with E-state index in [-0.39, 0.29) is 5.91 Å². The molecule has 1 aliphatic heterocycles. The van der Waals surface area contributed by atoms with Gasteiger partial charge in [-0.1, -0.05) is 84.9 Å². The van der Waals surface area contributed by atoms with Crippen LogP contribution in [0.4, 0.5) is 13.2 Å². The maximum Gasteiger partial charge on any atom is 0.490 e. The number of aromatic nitrogens is 2. The summed E-state index contributed by atoms with van der Waals surface area (Å²) in [6, 6.07) is 37.1. The molecule has 0 saturated carbocycles. The topological polar surface area (TPSA) is 78.7 Å². The Balaban J connectivity index is 0.000000493. The van der Waals surface area contributed by atoms with Crippen molar-refractivity contribution in [2.45, 2.75) is 25.7 Å². The quantitative estimate of drug-likeness (QED) is 0.235. The van der Waals surface area contributed by atoms with Gasteiger partial charge < -0.3 is 14.6 Å². The monoisotopic (exact) mass is 600 g/mol. The number of aliphatic carboxylic acids is 1. The SMILES string of the molecule is O=C(O)C(F)(F)F.O=C(c1cccc(-c2nc3ccccc3n2Cc2ccccc2)c1)N1CCCN(Cc2ccccc2)C1. The minimum absolute atomic E-state index is 0.0744. The van der Waals surface area contributed by atoms with Gasteiger partial charge in [-0.05, 0) is 41.8 Å². The zero-order valence-electron chi connectivity index (χ0n) is 23.8. The van der Waals surface area contributed by atoms with Gasteiger partial charge in [0.15, 0.2) is 0 Å². The van der Waals surface area contributed by atoms with Gasteiger partial charge in [0.25, 0.3) is 5.91 Å². The number of carbonyl (C=O) groups excluding carboxylic acids is 1. The van der Waals surface area contributed by atoms with E-state index in [1.54, 1.807) is 0 Å². The average Bonchev–Trinajstić information content (AvgIpc) is 3.40. The minimum atomic E-state index is -5.08. The van der Waals surface area contributed by atoms with Crippen LogP contribution in [0.15, 0.2) is 109 Å². The summed E-state index contributed by atoms with van der Waals surface area (Å²) < 4.78 is 34.0. The molecule has 0 unspecified atom stereocenters. The molecule has 44 heavy (non-hydrogen) atoms. The van der Waals surface area contributed by atoms with E-state index in [2.05, 4.69) is 70.1 Å². The van der Waals surface area contributed by atoms with Gasteiger partial charge >= 0.3 is 12.1 Å². The van der Waals surface area contributed by atoms with Crippen molar-refractivity contribution in [2.75, 3.05) is 19.8 Å². The van der Waals surface area contributed by atoms with E-state index < -0.39 is 12.1 Å². The second-order valence-corrected chi connectivity index (χ2v) is 10.5. The molecule has 0 aliphatic carbocycles. The number of rotatable bonds is 6. The summed E-state index contributed by atoms with van der Waals surface area (Å²) in [6.07, 6.45) is -4.11. The highest BCUT2D eigenvalue weighted by Crippen LogP contribution is 2.27. The number of benzene rings is 4. The lowest BCUT2D eigenvalue weighted by atomic mass is 10.1. The number of halogens is 3. The molecule has 0 radical (unpaired) electrons. The predicted molar refractivity (Wildman–Crippen MR) is 162 cm³/mol. The van der Waals surface area contributed by atoms with Crippen LogP contribution in [-0.2, 0) is 17.9 Å². The Morgan fingerprint density at radius 2 is 1.39 bits per heavy atom. The van der Waals surface area contributed by atoms with Crippen molar-refractivity contribution in [2.24, 2.45) is 0 Å².